The van der Waals surface area contributed by atoms with E-state index in [0.717, 1.165) is 18.7 Å². The van der Waals surface area contributed by atoms with Gasteiger partial charge >= 0.3 is 5.97 Å². The first-order chi connectivity index (χ1) is 7.66. The Balaban J connectivity index is 2.00. The molecule has 0 amide bonds. The van der Waals surface area contributed by atoms with Crippen molar-refractivity contribution in [3.8, 4) is 0 Å². The highest BCUT2D eigenvalue weighted by molar-refractivity contribution is 5.87. The Morgan fingerprint density at radius 3 is 2.88 bits per heavy atom. The van der Waals surface area contributed by atoms with E-state index in [1.807, 2.05) is 22.4 Å². The number of carboxylic acid groups (broad SMARTS) is 1. The quantitative estimate of drug-likeness (QED) is 0.839. The first kappa shape index (κ1) is 10.5. The van der Waals surface area contributed by atoms with Crippen molar-refractivity contribution in [1.29, 1.82) is 0 Å². The highest BCUT2D eigenvalue weighted by Crippen LogP contribution is 2.04. The Kier molecular flexibility index (Phi) is 2.76. The average molecular weight is 219 g/mol. The maximum atomic E-state index is 10.7. The van der Waals surface area contributed by atoms with Crippen LogP contribution in [0.5, 0.6) is 0 Å². The van der Waals surface area contributed by atoms with Crippen LogP contribution in [-0.4, -0.2) is 25.4 Å². The third kappa shape index (κ3) is 2.13. The number of hydrogen-bond donors (Lipinski definition) is 1. The molecule has 5 heteroatoms. The maximum Gasteiger partial charge on any atom is 0.337 e. The van der Waals surface area contributed by atoms with E-state index in [-0.39, 0.29) is 0 Å². The van der Waals surface area contributed by atoms with Crippen LogP contribution in [0.1, 0.15) is 16.1 Å². The molecule has 2 heterocycles. The normalized spacial score (nSPS) is 10.6. The topological polar surface area (TPSA) is 60.0 Å². The molecule has 0 aliphatic carbocycles. The van der Waals surface area contributed by atoms with Crippen LogP contribution in [-0.2, 0) is 20.0 Å². The third-order valence-electron chi connectivity index (χ3n) is 2.55. The molecule has 0 bridgehead atoms. The van der Waals surface area contributed by atoms with Gasteiger partial charge in [-0.1, -0.05) is 0 Å². The number of carboxylic acids is 1. The molecule has 2 aromatic rings. The molecular weight excluding hydrogens is 206 g/mol. The largest absolute Gasteiger partial charge is 0.478 e. The van der Waals surface area contributed by atoms with Gasteiger partial charge in [-0.05, 0) is 12.1 Å². The average Bonchev–Trinajstić information content (AvgIpc) is 2.83. The van der Waals surface area contributed by atoms with E-state index >= 15 is 0 Å². The minimum atomic E-state index is -0.890. The number of rotatable bonds is 4. The summed E-state index contributed by atoms with van der Waals surface area (Å²) >= 11 is 0. The number of aromatic carboxylic acids is 1. The molecule has 2 rings (SSSR count). The molecule has 0 aliphatic rings. The van der Waals surface area contributed by atoms with Crippen molar-refractivity contribution in [1.82, 2.24) is 14.3 Å². The van der Waals surface area contributed by atoms with Crippen LogP contribution < -0.4 is 0 Å². The molecule has 84 valence electrons. The van der Waals surface area contributed by atoms with Crippen molar-refractivity contribution in [2.75, 3.05) is 0 Å². The predicted octanol–water partition coefficient (Wildman–Crippen LogP) is 1.16. The smallest absolute Gasteiger partial charge is 0.337 e. The Morgan fingerprint density at radius 1 is 1.50 bits per heavy atom. The van der Waals surface area contributed by atoms with Gasteiger partial charge in [0.1, 0.15) is 0 Å². The molecule has 5 nitrogen and oxygen atoms in total. The maximum absolute atomic E-state index is 10.7. The Bertz CT molecular complexity index is 499. The van der Waals surface area contributed by atoms with Gasteiger partial charge in [0.2, 0.25) is 0 Å². The summed E-state index contributed by atoms with van der Waals surface area (Å²) in [5, 5.41) is 12.8. The summed E-state index contributed by atoms with van der Waals surface area (Å²) in [7, 11) is 1.90. The Labute approximate surface area is 92.9 Å². The lowest BCUT2D eigenvalue weighted by atomic mass is 10.3. The molecule has 0 saturated carbocycles. The minimum absolute atomic E-state index is 0.324. The lowest BCUT2D eigenvalue weighted by Gasteiger charge is -2.03. The summed E-state index contributed by atoms with van der Waals surface area (Å²) in [6, 6.07) is 3.56. The zero-order valence-corrected chi connectivity index (χ0v) is 9.00. The lowest BCUT2D eigenvalue weighted by molar-refractivity contribution is 0.0697. The van der Waals surface area contributed by atoms with E-state index in [2.05, 4.69) is 5.10 Å². The van der Waals surface area contributed by atoms with E-state index < -0.39 is 5.97 Å². The number of carbonyl (C=O) groups is 1. The van der Waals surface area contributed by atoms with Crippen molar-refractivity contribution in [2.45, 2.75) is 13.0 Å². The second kappa shape index (κ2) is 4.22. The van der Waals surface area contributed by atoms with Gasteiger partial charge in [-0.25, -0.2) is 4.79 Å². The van der Waals surface area contributed by atoms with Gasteiger partial charge < -0.3 is 9.67 Å². The Hall–Kier alpha value is -2.04. The van der Waals surface area contributed by atoms with Gasteiger partial charge in [-0.2, -0.15) is 5.10 Å². The lowest BCUT2D eigenvalue weighted by Crippen LogP contribution is -2.04. The monoisotopic (exact) mass is 219 g/mol. The number of hydrogen-bond acceptors (Lipinski definition) is 2. The molecular formula is C11H13N3O2. The van der Waals surface area contributed by atoms with Crippen molar-refractivity contribution >= 4 is 5.97 Å². The van der Waals surface area contributed by atoms with Gasteiger partial charge in [0.25, 0.3) is 0 Å². The third-order valence-corrected chi connectivity index (χ3v) is 2.55. The van der Waals surface area contributed by atoms with Crippen molar-refractivity contribution in [2.24, 2.45) is 7.05 Å². The molecule has 16 heavy (non-hydrogen) atoms. The fourth-order valence-electron chi connectivity index (χ4n) is 1.60. The Morgan fingerprint density at radius 2 is 2.31 bits per heavy atom. The molecule has 0 saturated heterocycles. The first-order valence-electron chi connectivity index (χ1n) is 5.03. The van der Waals surface area contributed by atoms with E-state index in [9.17, 15) is 4.79 Å². The SMILES string of the molecule is Cn1nccc1CCn1ccc(C(=O)O)c1. The summed E-state index contributed by atoms with van der Waals surface area (Å²) < 4.78 is 3.69. The summed E-state index contributed by atoms with van der Waals surface area (Å²) in [6.07, 6.45) is 6.01. The van der Waals surface area contributed by atoms with Crippen LogP contribution in [0, 0.1) is 0 Å². The molecule has 0 fully saturated rings. The van der Waals surface area contributed by atoms with Crippen molar-refractivity contribution in [3.63, 3.8) is 0 Å². The zero-order valence-electron chi connectivity index (χ0n) is 9.00. The van der Waals surface area contributed by atoms with Crippen molar-refractivity contribution < 1.29 is 9.90 Å². The number of aromatic nitrogens is 3. The molecule has 1 N–H and O–H groups in total. The fraction of sp³-hybridized carbons (Fsp3) is 0.273. The van der Waals surface area contributed by atoms with Gasteiger partial charge in [-0.15, -0.1) is 0 Å². The van der Waals surface area contributed by atoms with Crippen LogP contribution in [0.2, 0.25) is 0 Å². The van der Waals surface area contributed by atoms with Crippen LogP contribution in [0.3, 0.4) is 0 Å². The molecule has 0 spiro atoms. The van der Waals surface area contributed by atoms with Crippen LogP contribution in [0.25, 0.3) is 0 Å². The molecule has 0 radical (unpaired) electrons. The number of aryl methyl sites for hydroxylation is 3. The van der Waals surface area contributed by atoms with E-state index in [1.54, 1.807) is 24.7 Å². The summed E-state index contributed by atoms with van der Waals surface area (Å²) in [5.41, 5.74) is 1.45. The van der Waals surface area contributed by atoms with E-state index in [1.165, 1.54) is 0 Å². The van der Waals surface area contributed by atoms with Gasteiger partial charge in [0.05, 0.1) is 5.56 Å². The predicted molar refractivity (Wildman–Crippen MR) is 58.3 cm³/mol. The molecule has 0 aliphatic heterocycles. The zero-order chi connectivity index (χ0) is 11.5. The summed E-state index contributed by atoms with van der Waals surface area (Å²) in [6.45, 7) is 0.757. The molecule has 2 aromatic heterocycles. The number of nitrogens with zero attached hydrogens (tertiary/aromatic N) is 3. The summed E-state index contributed by atoms with van der Waals surface area (Å²) in [4.78, 5) is 10.7. The minimum Gasteiger partial charge on any atom is -0.478 e. The van der Waals surface area contributed by atoms with Crippen LogP contribution in [0.15, 0.2) is 30.7 Å². The first-order valence-corrected chi connectivity index (χ1v) is 5.03. The molecule has 0 aromatic carbocycles. The van der Waals surface area contributed by atoms with Crippen LogP contribution in [0.4, 0.5) is 0 Å². The van der Waals surface area contributed by atoms with E-state index in [4.69, 9.17) is 5.11 Å². The standard InChI is InChI=1S/C11H13N3O2/c1-13-10(2-5-12-13)4-7-14-6-3-9(8-14)11(15)16/h2-3,5-6,8H,4,7H2,1H3,(H,15,16). The van der Waals surface area contributed by atoms with Crippen molar-refractivity contribution in [3.05, 3.63) is 42.0 Å². The second-order valence-corrected chi connectivity index (χ2v) is 3.64. The van der Waals surface area contributed by atoms with Crippen LogP contribution >= 0.6 is 0 Å². The van der Waals surface area contributed by atoms with Gasteiger partial charge in [0.15, 0.2) is 0 Å². The summed E-state index contributed by atoms with van der Waals surface area (Å²) in [5.74, 6) is -0.890. The highest BCUT2D eigenvalue weighted by atomic mass is 16.4. The van der Waals surface area contributed by atoms with E-state index in [0.29, 0.717) is 5.56 Å². The molecule has 0 atom stereocenters. The fourth-order valence-corrected chi connectivity index (χ4v) is 1.60. The second-order valence-electron chi connectivity index (χ2n) is 3.64. The highest BCUT2D eigenvalue weighted by Gasteiger charge is 2.04. The molecule has 0 unspecified atom stereocenters. The van der Waals surface area contributed by atoms with Gasteiger partial charge in [-0.3, -0.25) is 4.68 Å². The van der Waals surface area contributed by atoms with Gasteiger partial charge in [0, 0.05) is 44.3 Å².